The van der Waals surface area contributed by atoms with E-state index in [1.807, 2.05) is 36.6 Å². The molecular formula is C19H21N3O3S. The van der Waals surface area contributed by atoms with E-state index in [4.69, 9.17) is 0 Å². The Morgan fingerprint density at radius 2 is 2.04 bits per heavy atom. The van der Waals surface area contributed by atoms with Crippen molar-refractivity contribution in [3.63, 3.8) is 0 Å². The van der Waals surface area contributed by atoms with Gasteiger partial charge in [-0.25, -0.2) is 0 Å². The lowest BCUT2D eigenvalue weighted by molar-refractivity contribution is -0.136. The Hall–Kier alpha value is -2.67. The topological polar surface area (TPSA) is 78.5 Å². The highest BCUT2D eigenvalue weighted by Crippen LogP contribution is 2.31. The van der Waals surface area contributed by atoms with Gasteiger partial charge in [0, 0.05) is 24.5 Å². The van der Waals surface area contributed by atoms with Crippen molar-refractivity contribution in [2.45, 2.75) is 26.2 Å². The Balaban J connectivity index is 1.75. The molecule has 0 radical (unpaired) electrons. The minimum Gasteiger partial charge on any atom is -0.348 e. The van der Waals surface area contributed by atoms with Crippen molar-refractivity contribution in [2.24, 2.45) is 0 Å². The minimum atomic E-state index is -0.680. The number of nitrogens with zero attached hydrogens (tertiary/aromatic N) is 1. The van der Waals surface area contributed by atoms with Crippen molar-refractivity contribution in [3.05, 3.63) is 46.2 Å². The van der Waals surface area contributed by atoms with Crippen LogP contribution in [0.2, 0.25) is 0 Å². The van der Waals surface area contributed by atoms with Crippen LogP contribution in [-0.4, -0.2) is 30.8 Å². The highest BCUT2D eigenvalue weighted by Gasteiger charge is 2.24. The van der Waals surface area contributed by atoms with Crippen LogP contribution in [0.3, 0.4) is 0 Å². The second-order valence-electron chi connectivity index (χ2n) is 6.09. The van der Waals surface area contributed by atoms with Gasteiger partial charge in [-0.05, 0) is 54.5 Å². The smallest absolute Gasteiger partial charge is 0.313 e. The molecule has 7 heteroatoms. The Kier molecular flexibility index (Phi) is 5.68. The van der Waals surface area contributed by atoms with Crippen molar-refractivity contribution >= 4 is 40.4 Å². The van der Waals surface area contributed by atoms with Crippen LogP contribution in [0, 0.1) is 0 Å². The lowest BCUT2D eigenvalue weighted by Gasteiger charge is -2.29. The molecule has 2 heterocycles. The standard InChI is InChI=1S/C19H21N3O3S/c1-2-9-20-17(23)18(24)21-14-7-8-15-13(12-14)5-3-10-22(15)19(25)16-6-4-11-26-16/h4,6-8,11-12H,2-3,5,9-10H2,1H3,(H,20,23)(H,21,24). The molecule has 0 fully saturated rings. The number of amides is 3. The van der Waals surface area contributed by atoms with E-state index in [2.05, 4.69) is 10.6 Å². The summed E-state index contributed by atoms with van der Waals surface area (Å²) >= 11 is 1.43. The Labute approximate surface area is 156 Å². The molecule has 136 valence electrons. The Bertz CT molecular complexity index is 817. The first-order valence-corrected chi connectivity index (χ1v) is 9.55. The second kappa shape index (κ2) is 8.14. The summed E-state index contributed by atoms with van der Waals surface area (Å²) in [5.74, 6) is -1.32. The van der Waals surface area contributed by atoms with Gasteiger partial charge in [-0.15, -0.1) is 11.3 Å². The normalized spacial score (nSPS) is 13.0. The van der Waals surface area contributed by atoms with Gasteiger partial charge in [0.05, 0.1) is 4.88 Å². The molecular weight excluding hydrogens is 350 g/mol. The van der Waals surface area contributed by atoms with Gasteiger partial charge in [0.15, 0.2) is 0 Å². The first-order chi connectivity index (χ1) is 12.6. The zero-order valence-electron chi connectivity index (χ0n) is 14.6. The number of carbonyl (C=O) groups is 3. The number of benzene rings is 1. The van der Waals surface area contributed by atoms with Crippen LogP contribution >= 0.6 is 11.3 Å². The Morgan fingerprint density at radius 3 is 2.77 bits per heavy atom. The second-order valence-corrected chi connectivity index (χ2v) is 7.04. The van der Waals surface area contributed by atoms with Crippen LogP contribution in [0.25, 0.3) is 0 Å². The van der Waals surface area contributed by atoms with Crippen molar-refractivity contribution in [1.82, 2.24) is 5.32 Å². The van der Waals surface area contributed by atoms with E-state index in [0.717, 1.165) is 30.5 Å². The third-order valence-corrected chi connectivity index (χ3v) is 5.03. The summed E-state index contributed by atoms with van der Waals surface area (Å²) in [6.07, 6.45) is 2.46. The van der Waals surface area contributed by atoms with E-state index >= 15 is 0 Å². The van der Waals surface area contributed by atoms with Crippen LogP contribution in [-0.2, 0) is 16.0 Å². The lowest BCUT2D eigenvalue weighted by Crippen LogP contribution is -2.36. The number of aryl methyl sites for hydroxylation is 1. The number of thiophene rings is 1. The number of hydrogen-bond donors (Lipinski definition) is 2. The number of anilines is 2. The van der Waals surface area contributed by atoms with Crippen LogP contribution in [0.4, 0.5) is 11.4 Å². The predicted octanol–water partition coefficient (Wildman–Crippen LogP) is 2.81. The third kappa shape index (κ3) is 3.94. The molecule has 0 aliphatic carbocycles. The number of rotatable bonds is 4. The third-order valence-electron chi connectivity index (χ3n) is 4.17. The van der Waals surface area contributed by atoms with Crippen LogP contribution in [0.1, 0.15) is 35.0 Å². The molecule has 1 aliphatic heterocycles. The lowest BCUT2D eigenvalue weighted by atomic mass is 10.0. The van der Waals surface area contributed by atoms with Crippen molar-refractivity contribution in [3.8, 4) is 0 Å². The molecule has 2 N–H and O–H groups in total. The van der Waals surface area contributed by atoms with Crippen LogP contribution in [0.5, 0.6) is 0 Å². The molecule has 26 heavy (non-hydrogen) atoms. The molecule has 3 amide bonds. The summed E-state index contributed by atoms with van der Waals surface area (Å²) in [7, 11) is 0. The zero-order chi connectivity index (χ0) is 18.5. The predicted molar refractivity (Wildman–Crippen MR) is 103 cm³/mol. The summed E-state index contributed by atoms with van der Waals surface area (Å²) in [5, 5.41) is 7.06. The van der Waals surface area contributed by atoms with E-state index in [-0.39, 0.29) is 5.91 Å². The fourth-order valence-corrected chi connectivity index (χ4v) is 3.60. The van der Waals surface area contributed by atoms with E-state index in [1.165, 1.54) is 11.3 Å². The van der Waals surface area contributed by atoms with Crippen molar-refractivity contribution < 1.29 is 14.4 Å². The average Bonchev–Trinajstić information content (AvgIpc) is 3.19. The molecule has 1 aliphatic rings. The molecule has 3 rings (SSSR count). The molecule has 0 saturated carbocycles. The Morgan fingerprint density at radius 1 is 1.19 bits per heavy atom. The number of fused-ring (bicyclic) bond motifs is 1. The van der Waals surface area contributed by atoms with Crippen LogP contribution < -0.4 is 15.5 Å². The zero-order valence-corrected chi connectivity index (χ0v) is 15.4. The van der Waals surface area contributed by atoms with E-state index in [1.54, 1.807) is 11.0 Å². The average molecular weight is 371 g/mol. The minimum absolute atomic E-state index is 0.00308. The summed E-state index contributed by atoms with van der Waals surface area (Å²) in [5.41, 5.74) is 2.42. The summed E-state index contributed by atoms with van der Waals surface area (Å²) in [6, 6.07) is 9.09. The molecule has 0 saturated heterocycles. The summed E-state index contributed by atoms with van der Waals surface area (Å²) in [4.78, 5) is 38.8. The molecule has 2 aromatic rings. The molecule has 0 atom stereocenters. The quantitative estimate of drug-likeness (QED) is 0.811. The highest BCUT2D eigenvalue weighted by molar-refractivity contribution is 7.12. The first kappa shape index (κ1) is 18.1. The molecule has 1 aromatic carbocycles. The van der Waals surface area contributed by atoms with Gasteiger partial charge in [-0.1, -0.05) is 13.0 Å². The molecule has 6 nitrogen and oxygen atoms in total. The number of hydrogen-bond acceptors (Lipinski definition) is 4. The first-order valence-electron chi connectivity index (χ1n) is 8.67. The van der Waals surface area contributed by atoms with Gasteiger partial charge < -0.3 is 15.5 Å². The molecule has 1 aromatic heterocycles. The fourth-order valence-electron chi connectivity index (χ4n) is 2.93. The SMILES string of the molecule is CCCNC(=O)C(=O)Nc1ccc2c(c1)CCCN2C(=O)c1cccs1. The number of nitrogens with one attached hydrogen (secondary N) is 2. The van der Waals surface area contributed by atoms with Gasteiger partial charge >= 0.3 is 11.8 Å². The van der Waals surface area contributed by atoms with Gasteiger partial charge in [-0.3, -0.25) is 14.4 Å². The molecule has 0 bridgehead atoms. The largest absolute Gasteiger partial charge is 0.348 e. The van der Waals surface area contributed by atoms with E-state index in [0.29, 0.717) is 23.7 Å². The maximum atomic E-state index is 12.7. The molecule has 0 unspecified atom stereocenters. The fraction of sp³-hybridized carbons (Fsp3) is 0.316. The monoisotopic (exact) mass is 371 g/mol. The van der Waals surface area contributed by atoms with Crippen LogP contribution in [0.15, 0.2) is 35.7 Å². The van der Waals surface area contributed by atoms with Gasteiger partial charge in [-0.2, -0.15) is 0 Å². The summed E-state index contributed by atoms with van der Waals surface area (Å²) < 4.78 is 0. The summed E-state index contributed by atoms with van der Waals surface area (Å²) in [6.45, 7) is 3.07. The van der Waals surface area contributed by atoms with E-state index < -0.39 is 11.8 Å². The van der Waals surface area contributed by atoms with Gasteiger partial charge in [0.2, 0.25) is 0 Å². The number of carbonyl (C=O) groups excluding carboxylic acids is 3. The van der Waals surface area contributed by atoms with Gasteiger partial charge in [0.25, 0.3) is 5.91 Å². The maximum absolute atomic E-state index is 12.7. The van der Waals surface area contributed by atoms with Crippen molar-refractivity contribution in [1.29, 1.82) is 0 Å². The highest BCUT2D eigenvalue weighted by atomic mass is 32.1. The van der Waals surface area contributed by atoms with E-state index in [9.17, 15) is 14.4 Å². The molecule has 0 spiro atoms. The van der Waals surface area contributed by atoms with Crippen molar-refractivity contribution in [2.75, 3.05) is 23.3 Å². The maximum Gasteiger partial charge on any atom is 0.313 e. The van der Waals surface area contributed by atoms with Gasteiger partial charge in [0.1, 0.15) is 0 Å².